The van der Waals surface area contributed by atoms with Gasteiger partial charge in [-0.1, -0.05) is 13.3 Å². The Balaban J connectivity index is 2.05. The Morgan fingerprint density at radius 3 is 2.87 bits per heavy atom. The van der Waals surface area contributed by atoms with Crippen molar-refractivity contribution < 1.29 is 9.53 Å². The van der Waals surface area contributed by atoms with E-state index in [1.807, 2.05) is 0 Å². The zero-order chi connectivity index (χ0) is 11.1. The summed E-state index contributed by atoms with van der Waals surface area (Å²) in [6.07, 6.45) is 3.76. The molecule has 1 amide bonds. The van der Waals surface area contributed by atoms with Crippen LogP contribution in [0, 0.1) is 5.92 Å². The van der Waals surface area contributed by atoms with Gasteiger partial charge in [0.25, 0.3) is 0 Å². The van der Waals surface area contributed by atoms with Crippen molar-refractivity contribution in [1.29, 1.82) is 0 Å². The number of rotatable bonds is 6. The third kappa shape index (κ3) is 4.62. The standard InChI is InChI=1S/C11H22N2O2/c1-9-4-3-5-10(9)13-8-11(14)12-6-7-15-2/h9-10,13H,3-8H2,1-2H3,(H,12,14). The average Bonchev–Trinajstić information content (AvgIpc) is 2.61. The monoisotopic (exact) mass is 214 g/mol. The Morgan fingerprint density at radius 1 is 1.47 bits per heavy atom. The Kier molecular flexibility index (Phi) is 5.65. The SMILES string of the molecule is COCCNC(=O)CNC1CCCC1C. The molecule has 0 spiro atoms. The molecule has 0 bridgehead atoms. The fourth-order valence-corrected chi connectivity index (χ4v) is 2.03. The van der Waals surface area contributed by atoms with Crippen LogP contribution < -0.4 is 10.6 Å². The summed E-state index contributed by atoms with van der Waals surface area (Å²) in [6.45, 7) is 3.84. The van der Waals surface area contributed by atoms with Gasteiger partial charge < -0.3 is 15.4 Å². The number of carbonyl (C=O) groups excluding carboxylic acids is 1. The zero-order valence-corrected chi connectivity index (χ0v) is 9.71. The van der Waals surface area contributed by atoms with Gasteiger partial charge in [0.05, 0.1) is 13.2 Å². The molecule has 4 nitrogen and oxygen atoms in total. The Labute approximate surface area is 91.8 Å². The first-order chi connectivity index (χ1) is 7.24. The molecule has 0 aromatic carbocycles. The molecule has 1 aliphatic rings. The highest BCUT2D eigenvalue weighted by atomic mass is 16.5. The van der Waals surface area contributed by atoms with Crippen LogP contribution in [0.15, 0.2) is 0 Å². The summed E-state index contributed by atoms with van der Waals surface area (Å²) in [6, 6.07) is 0.526. The molecule has 0 saturated heterocycles. The van der Waals surface area contributed by atoms with Crippen LogP contribution in [0.3, 0.4) is 0 Å². The number of nitrogens with one attached hydrogen (secondary N) is 2. The molecule has 1 aliphatic carbocycles. The van der Waals surface area contributed by atoms with E-state index in [1.54, 1.807) is 7.11 Å². The Hall–Kier alpha value is -0.610. The first-order valence-corrected chi connectivity index (χ1v) is 5.73. The van der Waals surface area contributed by atoms with Gasteiger partial charge in [0.15, 0.2) is 0 Å². The van der Waals surface area contributed by atoms with Crippen molar-refractivity contribution in [2.75, 3.05) is 26.8 Å². The molecule has 15 heavy (non-hydrogen) atoms. The van der Waals surface area contributed by atoms with Gasteiger partial charge in [-0.05, 0) is 18.8 Å². The minimum absolute atomic E-state index is 0.0613. The first-order valence-electron chi connectivity index (χ1n) is 5.73. The van der Waals surface area contributed by atoms with Crippen molar-refractivity contribution in [3.05, 3.63) is 0 Å². The summed E-state index contributed by atoms with van der Waals surface area (Å²) in [5.41, 5.74) is 0. The van der Waals surface area contributed by atoms with E-state index in [4.69, 9.17) is 4.74 Å². The normalized spacial score (nSPS) is 25.5. The zero-order valence-electron chi connectivity index (χ0n) is 9.71. The molecule has 2 unspecified atom stereocenters. The van der Waals surface area contributed by atoms with Crippen molar-refractivity contribution in [3.63, 3.8) is 0 Å². The molecule has 1 saturated carbocycles. The maximum Gasteiger partial charge on any atom is 0.234 e. The molecule has 2 N–H and O–H groups in total. The van der Waals surface area contributed by atoms with Crippen LogP contribution in [0.1, 0.15) is 26.2 Å². The number of ether oxygens (including phenoxy) is 1. The van der Waals surface area contributed by atoms with Crippen LogP contribution in [-0.4, -0.2) is 38.8 Å². The van der Waals surface area contributed by atoms with E-state index in [-0.39, 0.29) is 5.91 Å². The van der Waals surface area contributed by atoms with Gasteiger partial charge in [-0.2, -0.15) is 0 Å². The Bertz CT molecular complexity index is 197. The lowest BCUT2D eigenvalue weighted by Gasteiger charge is -2.16. The number of hydrogen-bond donors (Lipinski definition) is 2. The van der Waals surface area contributed by atoms with Gasteiger partial charge in [0, 0.05) is 19.7 Å². The molecular formula is C11H22N2O2. The quantitative estimate of drug-likeness (QED) is 0.634. The van der Waals surface area contributed by atoms with E-state index in [2.05, 4.69) is 17.6 Å². The number of amides is 1. The minimum atomic E-state index is 0.0613. The predicted molar refractivity (Wildman–Crippen MR) is 59.7 cm³/mol. The third-order valence-electron chi connectivity index (χ3n) is 3.01. The van der Waals surface area contributed by atoms with Crippen molar-refractivity contribution in [3.8, 4) is 0 Å². The van der Waals surface area contributed by atoms with Crippen molar-refractivity contribution in [2.45, 2.75) is 32.2 Å². The summed E-state index contributed by atoms with van der Waals surface area (Å²) in [5, 5.41) is 6.10. The molecular weight excluding hydrogens is 192 g/mol. The largest absolute Gasteiger partial charge is 0.383 e. The molecule has 0 aromatic heterocycles. The highest BCUT2D eigenvalue weighted by Gasteiger charge is 2.22. The summed E-state index contributed by atoms with van der Waals surface area (Å²) < 4.78 is 4.85. The van der Waals surface area contributed by atoms with Crippen LogP contribution in [0.25, 0.3) is 0 Å². The number of hydrogen-bond acceptors (Lipinski definition) is 3. The van der Waals surface area contributed by atoms with Crippen LogP contribution in [0.5, 0.6) is 0 Å². The van der Waals surface area contributed by atoms with Crippen LogP contribution in [0.2, 0.25) is 0 Å². The lowest BCUT2D eigenvalue weighted by Crippen LogP contribution is -2.41. The van der Waals surface area contributed by atoms with E-state index < -0.39 is 0 Å². The van der Waals surface area contributed by atoms with E-state index in [1.165, 1.54) is 19.3 Å². The Morgan fingerprint density at radius 2 is 2.27 bits per heavy atom. The minimum Gasteiger partial charge on any atom is -0.383 e. The summed E-state index contributed by atoms with van der Waals surface area (Å²) in [5.74, 6) is 0.767. The molecule has 4 heteroatoms. The van der Waals surface area contributed by atoms with Crippen molar-refractivity contribution >= 4 is 5.91 Å². The lowest BCUT2D eigenvalue weighted by atomic mass is 10.1. The number of methoxy groups -OCH3 is 1. The molecule has 1 fully saturated rings. The highest BCUT2D eigenvalue weighted by Crippen LogP contribution is 2.24. The van der Waals surface area contributed by atoms with Crippen molar-refractivity contribution in [1.82, 2.24) is 10.6 Å². The molecule has 0 heterocycles. The second kappa shape index (κ2) is 6.80. The smallest absolute Gasteiger partial charge is 0.234 e. The van der Waals surface area contributed by atoms with Gasteiger partial charge in [0.1, 0.15) is 0 Å². The number of carbonyl (C=O) groups is 1. The summed E-state index contributed by atoms with van der Waals surface area (Å²) in [7, 11) is 1.63. The molecule has 0 radical (unpaired) electrons. The third-order valence-corrected chi connectivity index (χ3v) is 3.01. The van der Waals surface area contributed by atoms with E-state index in [0.717, 1.165) is 0 Å². The van der Waals surface area contributed by atoms with Gasteiger partial charge in [-0.15, -0.1) is 0 Å². The summed E-state index contributed by atoms with van der Waals surface area (Å²) in [4.78, 5) is 11.4. The average molecular weight is 214 g/mol. The fourth-order valence-electron chi connectivity index (χ4n) is 2.03. The van der Waals surface area contributed by atoms with E-state index in [0.29, 0.717) is 31.7 Å². The molecule has 1 rings (SSSR count). The van der Waals surface area contributed by atoms with Crippen molar-refractivity contribution in [2.24, 2.45) is 5.92 Å². The highest BCUT2D eigenvalue weighted by molar-refractivity contribution is 5.77. The molecule has 2 atom stereocenters. The predicted octanol–water partition coefficient (Wildman–Crippen LogP) is 0.527. The summed E-state index contributed by atoms with van der Waals surface area (Å²) >= 11 is 0. The van der Waals surface area contributed by atoms with Gasteiger partial charge in [-0.3, -0.25) is 4.79 Å². The second-order valence-corrected chi connectivity index (χ2v) is 4.24. The van der Waals surface area contributed by atoms with Crippen LogP contribution in [0.4, 0.5) is 0 Å². The topological polar surface area (TPSA) is 50.4 Å². The maximum absolute atomic E-state index is 11.4. The maximum atomic E-state index is 11.4. The molecule has 0 aromatic rings. The molecule has 88 valence electrons. The van der Waals surface area contributed by atoms with Crippen LogP contribution >= 0.6 is 0 Å². The van der Waals surface area contributed by atoms with E-state index >= 15 is 0 Å². The van der Waals surface area contributed by atoms with Crippen LogP contribution in [-0.2, 0) is 9.53 Å². The van der Waals surface area contributed by atoms with Gasteiger partial charge in [0.2, 0.25) is 5.91 Å². The second-order valence-electron chi connectivity index (χ2n) is 4.24. The first kappa shape index (κ1) is 12.5. The van der Waals surface area contributed by atoms with E-state index in [9.17, 15) is 4.79 Å². The van der Waals surface area contributed by atoms with Gasteiger partial charge in [-0.25, -0.2) is 0 Å². The molecule has 0 aliphatic heterocycles. The fraction of sp³-hybridized carbons (Fsp3) is 0.909. The van der Waals surface area contributed by atoms with Gasteiger partial charge >= 0.3 is 0 Å². The lowest BCUT2D eigenvalue weighted by molar-refractivity contribution is -0.120.